The van der Waals surface area contributed by atoms with Gasteiger partial charge in [0, 0.05) is 11.7 Å². The first-order valence-corrected chi connectivity index (χ1v) is 7.64. The average Bonchev–Trinajstić information content (AvgIpc) is 3.04. The van der Waals surface area contributed by atoms with Crippen molar-refractivity contribution in [2.24, 2.45) is 5.92 Å². The SMILES string of the molecule is CCOC(=O)C1CCC(n2cnc3c(Cl)cc(C)nc32)C1. The third-order valence-corrected chi connectivity index (χ3v) is 4.32. The number of nitrogens with zero attached hydrogens (tertiary/aromatic N) is 3. The fraction of sp³-hybridized carbons (Fsp3) is 0.533. The summed E-state index contributed by atoms with van der Waals surface area (Å²) in [5, 5.41) is 0.621. The molecule has 1 aliphatic rings. The van der Waals surface area contributed by atoms with E-state index >= 15 is 0 Å². The molecule has 2 aromatic heterocycles. The summed E-state index contributed by atoms with van der Waals surface area (Å²) >= 11 is 6.21. The van der Waals surface area contributed by atoms with Crippen LogP contribution in [0.1, 0.15) is 37.9 Å². The molecule has 1 saturated carbocycles. The number of ether oxygens (including phenoxy) is 1. The van der Waals surface area contributed by atoms with Crippen LogP contribution >= 0.6 is 11.6 Å². The van der Waals surface area contributed by atoms with E-state index < -0.39 is 0 Å². The Hall–Kier alpha value is -1.62. The van der Waals surface area contributed by atoms with E-state index in [0.717, 1.165) is 36.1 Å². The average molecular weight is 308 g/mol. The number of aromatic nitrogens is 3. The van der Waals surface area contributed by atoms with Gasteiger partial charge in [0.2, 0.25) is 0 Å². The van der Waals surface area contributed by atoms with Crippen LogP contribution in [0.5, 0.6) is 0 Å². The number of pyridine rings is 1. The molecule has 2 aromatic rings. The number of rotatable bonds is 3. The summed E-state index contributed by atoms with van der Waals surface area (Å²) < 4.78 is 7.17. The van der Waals surface area contributed by atoms with Gasteiger partial charge in [-0.25, -0.2) is 9.97 Å². The molecule has 0 aromatic carbocycles. The van der Waals surface area contributed by atoms with Crippen molar-refractivity contribution in [2.75, 3.05) is 6.61 Å². The Morgan fingerprint density at radius 2 is 2.33 bits per heavy atom. The fourth-order valence-corrected chi connectivity index (χ4v) is 3.33. The lowest BCUT2D eigenvalue weighted by molar-refractivity contribution is -0.147. The third kappa shape index (κ3) is 2.62. The zero-order valence-electron chi connectivity index (χ0n) is 12.2. The number of esters is 1. The van der Waals surface area contributed by atoms with E-state index in [9.17, 15) is 4.79 Å². The van der Waals surface area contributed by atoms with E-state index in [-0.39, 0.29) is 17.9 Å². The lowest BCUT2D eigenvalue weighted by Crippen LogP contribution is -2.15. The van der Waals surface area contributed by atoms with Crippen molar-refractivity contribution in [3.63, 3.8) is 0 Å². The minimum absolute atomic E-state index is 0.0207. The molecule has 0 spiro atoms. The van der Waals surface area contributed by atoms with Crippen molar-refractivity contribution >= 4 is 28.7 Å². The first kappa shape index (κ1) is 14.3. The molecule has 0 aliphatic heterocycles. The number of carbonyl (C=O) groups is 1. The molecule has 0 N–H and O–H groups in total. The first-order valence-electron chi connectivity index (χ1n) is 7.26. The monoisotopic (exact) mass is 307 g/mol. The van der Waals surface area contributed by atoms with E-state index in [4.69, 9.17) is 16.3 Å². The lowest BCUT2D eigenvalue weighted by atomic mass is 10.1. The molecule has 21 heavy (non-hydrogen) atoms. The molecule has 112 valence electrons. The van der Waals surface area contributed by atoms with Crippen LogP contribution in [-0.4, -0.2) is 27.1 Å². The number of halogens is 1. The molecule has 3 rings (SSSR count). The smallest absolute Gasteiger partial charge is 0.308 e. The van der Waals surface area contributed by atoms with Gasteiger partial charge >= 0.3 is 5.97 Å². The zero-order valence-corrected chi connectivity index (χ0v) is 12.9. The summed E-state index contributed by atoms with van der Waals surface area (Å²) in [7, 11) is 0. The van der Waals surface area contributed by atoms with E-state index in [0.29, 0.717) is 11.6 Å². The maximum absolute atomic E-state index is 11.8. The van der Waals surface area contributed by atoms with Crippen molar-refractivity contribution in [1.82, 2.24) is 14.5 Å². The normalized spacial score (nSPS) is 21.9. The van der Waals surface area contributed by atoms with Gasteiger partial charge in [-0.2, -0.15) is 0 Å². The van der Waals surface area contributed by atoms with Crippen LogP contribution < -0.4 is 0 Å². The number of hydrogen-bond acceptors (Lipinski definition) is 4. The molecule has 2 atom stereocenters. The molecule has 2 heterocycles. The zero-order chi connectivity index (χ0) is 15.0. The molecule has 2 unspecified atom stereocenters. The van der Waals surface area contributed by atoms with Gasteiger partial charge in [-0.15, -0.1) is 0 Å². The number of imidazole rings is 1. The summed E-state index contributed by atoms with van der Waals surface area (Å²) in [6.45, 7) is 4.19. The van der Waals surface area contributed by atoms with Gasteiger partial charge in [0.15, 0.2) is 5.65 Å². The highest BCUT2D eigenvalue weighted by Crippen LogP contribution is 2.37. The maximum atomic E-state index is 11.8. The van der Waals surface area contributed by atoms with Crippen molar-refractivity contribution in [3.8, 4) is 0 Å². The largest absolute Gasteiger partial charge is 0.466 e. The Bertz CT molecular complexity index is 683. The van der Waals surface area contributed by atoms with Gasteiger partial charge in [-0.3, -0.25) is 4.79 Å². The molecule has 0 radical (unpaired) electrons. The summed E-state index contributed by atoms with van der Waals surface area (Å²) in [6, 6.07) is 2.05. The van der Waals surface area contributed by atoms with E-state index in [1.54, 1.807) is 6.33 Å². The van der Waals surface area contributed by atoms with Gasteiger partial charge in [-0.1, -0.05) is 11.6 Å². The molecule has 0 saturated heterocycles. The standard InChI is InChI=1S/C15H18ClN3O2/c1-3-21-15(20)10-4-5-11(7-10)19-8-17-13-12(16)6-9(2)18-14(13)19/h6,8,10-11H,3-5,7H2,1-2H3. The van der Waals surface area contributed by atoms with E-state index in [1.165, 1.54) is 0 Å². The van der Waals surface area contributed by atoms with E-state index in [1.807, 2.05) is 24.5 Å². The Labute approximate surface area is 128 Å². The topological polar surface area (TPSA) is 57.0 Å². The Morgan fingerprint density at radius 3 is 3.10 bits per heavy atom. The molecule has 1 aliphatic carbocycles. The minimum atomic E-state index is -0.0911. The molecular weight excluding hydrogens is 290 g/mol. The van der Waals surface area contributed by atoms with Crippen molar-refractivity contribution < 1.29 is 9.53 Å². The molecule has 1 fully saturated rings. The summed E-state index contributed by atoms with van der Waals surface area (Å²) in [6.07, 6.45) is 4.34. The summed E-state index contributed by atoms with van der Waals surface area (Å²) in [5.74, 6) is -0.112. The van der Waals surface area contributed by atoms with Crippen molar-refractivity contribution in [2.45, 2.75) is 39.2 Å². The van der Waals surface area contributed by atoms with Crippen LogP contribution in [0.25, 0.3) is 11.2 Å². The van der Waals surface area contributed by atoms with Crippen LogP contribution in [-0.2, 0) is 9.53 Å². The number of aryl methyl sites for hydroxylation is 1. The number of carbonyl (C=O) groups excluding carboxylic acids is 1. The second-order valence-electron chi connectivity index (χ2n) is 5.49. The van der Waals surface area contributed by atoms with Crippen LogP contribution in [0.4, 0.5) is 0 Å². The van der Waals surface area contributed by atoms with Gasteiger partial charge in [0.1, 0.15) is 5.52 Å². The van der Waals surface area contributed by atoms with Crippen molar-refractivity contribution in [3.05, 3.63) is 23.1 Å². The molecule has 0 bridgehead atoms. The highest BCUT2D eigenvalue weighted by atomic mass is 35.5. The number of hydrogen-bond donors (Lipinski definition) is 0. The summed E-state index contributed by atoms with van der Waals surface area (Å²) in [4.78, 5) is 20.8. The predicted molar refractivity (Wildman–Crippen MR) is 80.3 cm³/mol. The molecule has 0 amide bonds. The van der Waals surface area contributed by atoms with Crippen LogP contribution in [0.15, 0.2) is 12.4 Å². The van der Waals surface area contributed by atoms with Gasteiger partial charge in [0.25, 0.3) is 0 Å². The Morgan fingerprint density at radius 1 is 1.52 bits per heavy atom. The highest BCUT2D eigenvalue weighted by Gasteiger charge is 2.32. The fourth-order valence-electron chi connectivity index (χ4n) is 3.04. The predicted octanol–water partition coefficient (Wildman–Crippen LogP) is 3.30. The van der Waals surface area contributed by atoms with Gasteiger partial charge < -0.3 is 9.30 Å². The van der Waals surface area contributed by atoms with Gasteiger partial charge in [0.05, 0.1) is 23.9 Å². The third-order valence-electron chi connectivity index (χ3n) is 4.03. The second-order valence-corrected chi connectivity index (χ2v) is 5.89. The number of fused-ring (bicyclic) bond motifs is 1. The van der Waals surface area contributed by atoms with E-state index in [2.05, 4.69) is 9.97 Å². The van der Waals surface area contributed by atoms with Crippen LogP contribution in [0, 0.1) is 12.8 Å². The highest BCUT2D eigenvalue weighted by molar-refractivity contribution is 6.34. The lowest BCUT2D eigenvalue weighted by Gasteiger charge is -2.13. The quantitative estimate of drug-likeness (QED) is 0.816. The minimum Gasteiger partial charge on any atom is -0.466 e. The molecule has 5 nitrogen and oxygen atoms in total. The Kier molecular flexibility index (Phi) is 3.85. The Balaban J connectivity index is 1.87. The first-order chi connectivity index (χ1) is 10.1. The van der Waals surface area contributed by atoms with Gasteiger partial charge in [-0.05, 0) is 39.2 Å². The van der Waals surface area contributed by atoms with Crippen molar-refractivity contribution in [1.29, 1.82) is 0 Å². The van der Waals surface area contributed by atoms with Crippen LogP contribution in [0.2, 0.25) is 5.02 Å². The second kappa shape index (κ2) is 5.64. The maximum Gasteiger partial charge on any atom is 0.308 e. The molecule has 6 heteroatoms. The molecular formula is C15H18ClN3O2. The summed E-state index contributed by atoms with van der Waals surface area (Å²) in [5.41, 5.74) is 2.39. The van der Waals surface area contributed by atoms with Crippen LogP contribution in [0.3, 0.4) is 0 Å².